The minimum Gasteiger partial charge on any atom is -0.457 e. The van der Waals surface area contributed by atoms with Crippen molar-refractivity contribution in [2.24, 2.45) is 0 Å². The molecule has 0 bridgehead atoms. The molecule has 2 aromatic carbocycles. The molecule has 2 amide bonds. The van der Waals surface area contributed by atoms with Crippen LogP contribution in [-0.4, -0.2) is 59.4 Å². The highest BCUT2D eigenvalue weighted by Gasteiger charge is 2.43. The Balaban J connectivity index is 1.40. The number of nitrogens with zero attached hydrogens (tertiary/aromatic N) is 2. The molecule has 0 aliphatic carbocycles. The average Bonchev–Trinajstić information content (AvgIpc) is 3.50. The number of carbonyl (C=O) groups is 3. The normalized spacial score (nSPS) is 20.4. The van der Waals surface area contributed by atoms with Gasteiger partial charge in [-0.3, -0.25) is 9.59 Å². The van der Waals surface area contributed by atoms with E-state index in [0.717, 1.165) is 38.8 Å². The van der Waals surface area contributed by atoms with Crippen molar-refractivity contribution in [3.05, 3.63) is 71.8 Å². The number of likely N-dealkylation sites (tertiary alicyclic amines) is 2. The Bertz CT molecular complexity index is 925. The number of aryl methyl sites for hydroxylation is 1. The highest BCUT2D eigenvalue weighted by molar-refractivity contribution is 5.90. The minimum atomic E-state index is -0.550. The monoisotopic (exact) mass is 434 g/mol. The van der Waals surface area contributed by atoms with Gasteiger partial charge in [-0.25, -0.2) is 4.79 Å². The summed E-state index contributed by atoms with van der Waals surface area (Å²) in [5.74, 6) is -0.477. The van der Waals surface area contributed by atoms with Gasteiger partial charge in [-0.1, -0.05) is 48.5 Å². The fourth-order valence-corrected chi connectivity index (χ4v) is 4.57. The number of amides is 2. The number of hydrogen-bond acceptors (Lipinski definition) is 4. The highest BCUT2D eigenvalue weighted by Crippen LogP contribution is 2.26. The summed E-state index contributed by atoms with van der Waals surface area (Å²) in [6, 6.07) is 18.3. The van der Waals surface area contributed by atoms with Crippen LogP contribution in [0.25, 0.3) is 0 Å². The Morgan fingerprint density at radius 3 is 2.25 bits per heavy atom. The molecule has 0 radical (unpaired) electrons. The average molecular weight is 435 g/mol. The minimum absolute atomic E-state index is 0.0165. The molecule has 4 rings (SSSR count). The predicted molar refractivity (Wildman–Crippen MR) is 121 cm³/mol. The van der Waals surface area contributed by atoms with E-state index in [0.29, 0.717) is 18.4 Å². The van der Waals surface area contributed by atoms with Crippen molar-refractivity contribution in [3.63, 3.8) is 0 Å². The first kappa shape index (κ1) is 22.1. The van der Waals surface area contributed by atoms with Gasteiger partial charge in [0.2, 0.25) is 11.8 Å². The summed E-state index contributed by atoms with van der Waals surface area (Å²) >= 11 is 0. The molecule has 2 aliphatic rings. The topological polar surface area (TPSA) is 66.9 Å². The van der Waals surface area contributed by atoms with Crippen molar-refractivity contribution in [3.8, 4) is 0 Å². The highest BCUT2D eigenvalue weighted by atomic mass is 16.5. The van der Waals surface area contributed by atoms with E-state index in [1.54, 1.807) is 29.2 Å². The standard InChI is InChI=1S/C26H30N2O4/c29-24(15-9-12-20-10-3-1-4-11-20)28-19-22(32-26(31)21-13-5-2-6-14-21)18-23(28)25(30)27-16-7-8-17-27/h1-6,10-11,13-14,22-23H,7-9,12,15-19H2/t22-,23-/m0/s1. The van der Waals surface area contributed by atoms with Crippen LogP contribution in [0.1, 0.15) is 48.0 Å². The van der Waals surface area contributed by atoms with Gasteiger partial charge >= 0.3 is 5.97 Å². The number of esters is 1. The lowest BCUT2D eigenvalue weighted by Gasteiger charge is -2.27. The maximum Gasteiger partial charge on any atom is 0.338 e. The summed E-state index contributed by atoms with van der Waals surface area (Å²) in [5, 5.41) is 0. The second-order valence-electron chi connectivity index (χ2n) is 8.56. The molecule has 0 saturated carbocycles. The lowest BCUT2D eigenvalue weighted by molar-refractivity contribution is -0.143. The molecule has 32 heavy (non-hydrogen) atoms. The Morgan fingerprint density at radius 1 is 0.906 bits per heavy atom. The molecule has 0 aromatic heterocycles. The van der Waals surface area contributed by atoms with E-state index in [1.165, 1.54) is 5.56 Å². The summed E-state index contributed by atoms with van der Waals surface area (Å²) in [5.41, 5.74) is 1.67. The molecule has 6 nitrogen and oxygen atoms in total. The third-order valence-electron chi connectivity index (χ3n) is 6.27. The molecule has 0 spiro atoms. The SMILES string of the molecule is O=C(O[C@H]1C[C@@H](C(=O)N2CCCC2)N(C(=O)CCCc2ccccc2)C1)c1ccccc1. The van der Waals surface area contributed by atoms with E-state index in [4.69, 9.17) is 4.74 Å². The fraction of sp³-hybridized carbons (Fsp3) is 0.423. The van der Waals surface area contributed by atoms with Crippen molar-refractivity contribution < 1.29 is 19.1 Å². The maximum absolute atomic E-state index is 13.2. The van der Waals surface area contributed by atoms with Crippen molar-refractivity contribution in [1.29, 1.82) is 0 Å². The van der Waals surface area contributed by atoms with E-state index in [-0.39, 0.29) is 18.4 Å². The van der Waals surface area contributed by atoms with E-state index in [2.05, 4.69) is 12.1 Å². The van der Waals surface area contributed by atoms with Gasteiger partial charge in [0.25, 0.3) is 0 Å². The number of carbonyl (C=O) groups excluding carboxylic acids is 3. The van der Waals surface area contributed by atoms with Crippen LogP contribution in [0.2, 0.25) is 0 Å². The number of rotatable bonds is 7. The van der Waals surface area contributed by atoms with E-state index in [1.807, 2.05) is 29.2 Å². The van der Waals surface area contributed by atoms with Crippen LogP contribution >= 0.6 is 0 Å². The van der Waals surface area contributed by atoms with Gasteiger partial charge < -0.3 is 14.5 Å². The molecule has 2 atom stereocenters. The molecule has 2 saturated heterocycles. The van der Waals surface area contributed by atoms with E-state index in [9.17, 15) is 14.4 Å². The van der Waals surface area contributed by atoms with Crippen LogP contribution in [-0.2, 0) is 20.7 Å². The lowest BCUT2D eigenvalue weighted by atomic mass is 10.1. The van der Waals surface area contributed by atoms with Crippen LogP contribution in [0.5, 0.6) is 0 Å². The third kappa shape index (κ3) is 5.36. The van der Waals surface area contributed by atoms with Crippen LogP contribution in [0.3, 0.4) is 0 Å². The fourth-order valence-electron chi connectivity index (χ4n) is 4.57. The zero-order valence-electron chi connectivity index (χ0n) is 18.3. The van der Waals surface area contributed by atoms with Gasteiger partial charge in [0.15, 0.2) is 0 Å². The first-order chi connectivity index (χ1) is 15.6. The first-order valence-corrected chi connectivity index (χ1v) is 11.5. The van der Waals surface area contributed by atoms with Crippen molar-refractivity contribution >= 4 is 17.8 Å². The Hall–Kier alpha value is -3.15. The Kier molecular flexibility index (Phi) is 7.20. The molecule has 2 fully saturated rings. The first-order valence-electron chi connectivity index (χ1n) is 11.5. The van der Waals surface area contributed by atoms with E-state index < -0.39 is 18.1 Å². The van der Waals surface area contributed by atoms with Crippen LogP contribution in [0.15, 0.2) is 60.7 Å². The Labute approximate surface area is 189 Å². The Morgan fingerprint density at radius 2 is 1.56 bits per heavy atom. The number of hydrogen-bond donors (Lipinski definition) is 0. The molecular weight excluding hydrogens is 404 g/mol. The van der Waals surface area contributed by atoms with Gasteiger partial charge in [0, 0.05) is 25.9 Å². The molecule has 6 heteroatoms. The van der Waals surface area contributed by atoms with Gasteiger partial charge in [0.05, 0.1) is 12.1 Å². The third-order valence-corrected chi connectivity index (χ3v) is 6.27. The summed E-state index contributed by atoms with van der Waals surface area (Å²) in [4.78, 5) is 42.2. The smallest absolute Gasteiger partial charge is 0.338 e. The molecular formula is C26H30N2O4. The van der Waals surface area contributed by atoms with Crippen molar-refractivity contribution in [2.45, 2.75) is 50.7 Å². The van der Waals surface area contributed by atoms with Gasteiger partial charge in [-0.15, -0.1) is 0 Å². The zero-order valence-corrected chi connectivity index (χ0v) is 18.3. The van der Waals surface area contributed by atoms with Crippen LogP contribution < -0.4 is 0 Å². The number of benzene rings is 2. The second kappa shape index (κ2) is 10.4. The quantitative estimate of drug-likeness (QED) is 0.626. The zero-order chi connectivity index (χ0) is 22.3. The molecule has 168 valence electrons. The molecule has 0 N–H and O–H groups in total. The lowest BCUT2D eigenvalue weighted by Crippen LogP contribution is -2.46. The molecule has 2 heterocycles. The van der Waals surface area contributed by atoms with Crippen LogP contribution in [0, 0.1) is 0 Å². The molecule has 2 aliphatic heterocycles. The van der Waals surface area contributed by atoms with Crippen molar-refractivity contribution in [1.82, 2.24) is 9.80 Å². The van der Waals surface area contributed by atoms with E-state index >= 15 is 0 Å². The second-order valence-corrected chi connectivity index (χ2v) is 8.56. The summed E-state index contributed by atoms with van der Waals surface area (Å²) in [6.45, 7) is 1.74. The van der Waals surface area contributed by atoms with Crippen LogP contribution in [0.4, 0.5) is 0 Å². The predicted octanol–water partition coefficient (Wildman–Crippen LogP) is 3.46. The number of ether oxygens (including phenoxy) is 1. The largest absolute Gasteiger partial charge is 0.457 e. The summed E-state index contributed by atoms with van der Waals surface area (Å²) < 4.78 is 5.69. The summed E-state index contributed by atoms with van der Waals surface area (Å²) in [7, 11) is 0. The maximum atomic E-state index is 13.2. The van der Waals surface area contributed by atoms with Crippen molar-refractivity contribution in [2.75, 3.05) is 19.6 Å². The molecule has 0 unspecified atom stereocenters. The summed E-state index contributed by atoms with van der Waals surface area (Å²) in [6.07, 6.45) is 3.79. The van der Waals surface area contributed by atoms with Gasteiger partial charge in [-0.05, 0) is 43.4 Å². The van der Waals surface area contributed by atoms with Gasteiger partial charge in [-0.2, -0.15) is 0 Å². The molecule has 2 aromatic rings. The van der Waals surface area contributed by atoms with Gasteiger partial charge in [0.1, 0.15) is 12.1 Å².